The van der Waals surface area contributed by atoms with Crippen LogP contribution in [0.15, 0.2) is 58.2 Å². The van der Waals surface area contributed by atoms with Crippen LogP contribution >= 0.6 is 27.7 Å². The van der Waals surface area contributed by atoms with Gasteiger partial charge < -0.3 is 15.5 Å². The van der Waals surface area contributed by atoms with Gasteiger partial charge in [0.25, 0.3) is 0 Å². The molecule has 0 radical (unpaired) electrons. The Morgan fingerprint density at radius 2 is 1.93 bits per heavy atom. The number of aromatic nitrogens is 3. The highest BCUT2D eigenvalue weighted by Crippen LogP contribution is 2.38. The molecule has 2 atom stereocenters. The number of nitrogens with one attached hydrogen (secondary N) is 2. The maximum atomic E-state index is 13.2. The number of ether oxygens (including phenoxy) is 1. The predicted octanol–water partition coefficient (Wildman–Crippen LogP) is 4.15. The number of hydrogen-bond acceptors (Lipinski definition) is 6. The number of amides is 1. The lowest BCUT2D eigenvalue weighted by molar-refractivity contribution is -0.116. The van der Waals surface area contributed by atoms with Crippen LogP contribution in [0.5, 0.6) is 5.75 Å². The topological polar surface area (TPSA) is 81.1 Å². The minimum absolute atomic E-state index is 0.101. The van der Waals surface area contributed by atoms with Crippen molar-refractivity contribution in [3.63, 3.8) is 0 Å². The molecule has 2 heterocycles. The van der Waals surface area contributed by atoms with E-state index >= 15 is 0 Å². The van der Waals surface area contributed by atoms with Crippen molar-refractivity contribution in [3.05, 3.63) is 64.4 Å². The number of carbonyl (C=O) groups is 1. The van der Waals surface area contributed by atoms with Gasteiger partial charge in [0.1, 0.15) is 16.8 Å². The van der Waals surface area contributed by atoms with Crippen LogP contribution in [0.2, 0.25) is 0 Å². The Hall–Kier alpha value is -2.52. The highest BCUT2D eigenvalue weighted by atomic mass is 79.9. The van der Waals surface area contributed by atoms with Gasteiger partial charge in [0.2, 0.25) is 11.1 Å². The van der Waals surface area contributed by atoms with E-state index in [4.69, 9.17) is 4.74 Å². The van der Waals surface area contributed by atoms with E-state index in [2.05, 4.69) is 36.9 Å². The lowest BCUT2D eigenvalue weighted by atomic mass is 10.0. The van der Waals surface area contributed by atoms with Crippen molar-refractivity contribution in [2.24, 2.45) is 0 Å². The standard InChI is InChI=1S/C20H20BrN5O2S/c1-3-28-16-10-4-13(5-11-16)17-18(29-20-24-23-12(2)26(20)25-17)19(27)22-15-8-6-14(21)7-9-15/h4-11,17-18,25H,3H2,1-2H3,(H,22,27). The molecule has 3 aromatic rings. The van der Waals surface area contributed by atoms with E-state index in [1.807, 2.05) is 67.1 Å². The zero-order chi connectivity index (χ0) is 20.4. The first-order valence-corrected chi connectivity index (χ1v) is 10.9. The average Bonchev–Trinajstić information content (AvgIpc) is 3.10. The molecule has 29 heavy (non-hydrogen) atoms. The number of halogens is 1. The molecular formula is C20H20BrN5O2S. The number of fused-ring (bicyclic) bond motifs is 1. The summed E-state index contributed by atoms with van der Waals surface area (Å²) >= 11 is 4.81. The fourth-order valence-electron chi connectivity index (χ4n) is 3.10. The number of aryl methyl sites for hydroxylation is 1. The van der Waals surface area contributed by atoms with E-state index in [1.165, 1.54) is 11.8 Å². The fraction of sp³-hybridized carbons (Fsp3) is 0.250. The minimum Gasteiger partial charge on any atom is -0.494 e. The van der Waals surface area contributed by atoms with Gasteiger partial charge in [0.05, 0.1) is 12.6 Å². The molecular weight excluding hydrogens is 454 g/mol. The number of hydrogen-bond donors (Lipinski definition) is 2. The van der Waals surface area contributed by atoms with Crippen molar-refractivity contribution < 1.29 is 9.53 Å². The third-order valence-electron chi connectivity index (χ3n) is 4.52. The van der Waals surface area contributed by atoms with Gasteiger partial charge in [-0.1, -0.05) is 39.8 Å². The Labute approximate surface area is 181 Å². The van der Waals surface area contributed by atoms with Crippen molar-refractivity contribution in [1.82, 2.24) is 14.9 Å². The molecule has 4 rings (SSSR count). The third kappa shape index (κ3) is 4.25. The molecule has 1 aliphatic rings. The number of anilines is 1. The average molecular weight is 474 g/mol. The summed E-state index contributed by atoms with van der Waals surface area (Å²) in [4.78, 5) is 13.2. The largest absolute Gasteiger partial charge is 0.494 e. The van der Waals surface area contributed by atoms with Crippen molar-refractivity contribution in [3.8, 4) is 5.75 Å². The van der Waals surface area contributed by atoms with Crippen molar-refractivity contribution >= 4 is 39.3 Å². The van der Waals surface area contributed by atoms with E-state index in [1.54, 1.807) is 0 Å². The zero-order valence-electron chi connectivity index (χ0n) is 15.9. The molecule has 7 nitrogen and oxygen atoms in total. The monoisotopic (exact) mass is 473 g/mol. The van der Waals surface area contributed by atoms with Crippen molar-refractivity contribution in [1.29, 1.82) is 0 Å². The molecule has 0 aliphatic carbocycles. The molecule has 150 valence electrons. The molecule has 0 fully saturated rings. The van der Waals surface area contributed by atoms with Crippen LogP contribution in [0.4, 0.5) is 5.69 Å². The molecule has 0 saturated heterocycles. The van der Waals surface area contributed by atoms with Crippen LogP contribution in [0.25, 0.3) is 0 Å². The molecule has 0 bridgehead atoms. The second kappa shape index (κ2) is 8.46. The summed E-state index contributed by atoms with van der Waals surface area (Å²) in [7, 11) is 0. The van der Waals surface area contributed by atoms with Crippen LogP contribution in [0.3, 0.4) is 0 Å². The summed E-state index contributed by atoms with van der Waals surface area (Å²) < 4.78 is 8.33. The molecule has 0 spiro atoms. The Morgan fingerprint density at radius 3 is 2.62 bits per heavy atom. The van der Waals surface area contributed by atoms with Crippen LogP contribution in [-0.2, 0) is 4.79 Å². The quantitative estimate of drug-likeness (QED) is 0.579. The number of rotatable bonds is 5. The van der Waals surface area contributed by atoms with E-state index < -0.39 is 5.25 Å². The summed E-state index contributed by atoms with van der Waals surface area (Å²) in [6.07, 6.45) is 0. The Bertz CT molecular complexity index is 1010. The maximum Gasteiger partial charge on any atom is 0.240 e. The van der Waals surface area contributed by atoms with Gasteiger partial charge >= 0.3 is 0 Å². The predicted molar refractivity (Wildman–Crippen MR) is 117 cm³/mol. The summed E-state index contributed by atoms with van der Waals surface area (Å²) in [5, 5.41) is 11.6. The minimum atomic E-state index is -0.423. The van der Waals surface area contributed by atoms with Crippen LogP contribution < -0.4 is 15.5 Å². The lowest BCUT2D eigenvalue weighted by Crippen LogP contribution is -2.41. The molecule has 2 aromatic carbocycles. The maximum absolute atomic E-state index is 13.2. The highest BCUT2D eigenvalue weighted by Gasteiger charge is 2.37. The first-order chi connectivity index (χ1) is 14.0. The Balaban J connectivity index is 1.62. The van der Waals surface area contributed by atoms with Crippen molar-refractivity contribution in [2.75, 3.05) is 17.3 Å². The summed E-state index contributed by atoms with van der Waals surface area (Å²) in [5.74, 6) is 1.45. The Morgan fingerprint density at radius 1 is 1.21 bits per heavy atom. The second-order valence-corrected chi connectivity index (χ2v) is 8.53. The summed E-state index contributed by atoms with van der Waals surface area (Å²) in [5.41, 5.74) is 5.13. The van der Waals surface area contributed by atoms with Crippen LogP contribution in [0.1, 0.15) is 24.4 Å². The lowest BCUT2D eigenvalue weighted by Gasteiger charge is -2.32. The van der Waals surface area contributed by atoms with Gasteiger partial charge in [-0.2, -0.15) is 0 Å². The number of carbonyl (C=O) groups excluding carboxylic acids is 1. The number of benzene rings is 2. The van der Waals surface area contributed by atoms with E-state index in [-0.39, 0.29) is 11.9 Å². The van der Waals surface area contributed by atoms with E-state index in [9.17, 15) is 4.79 Å². The summed E-state index contributed by atoms with van der Waals surface area (Å²) in [6.45, 7) is 4.44. The van der Waals surface area contributed by atoms with Crippen LogP contribution in [-0.4, -0.2) is 32.6 Å². The molecule has 0 saturated carbocycles. The van der Waals surface area contributed by atoms with E-state index in [0.717, 1.165) is 27.3 Å². The molecule has 1 amide bonds. The van der Waals surface area contributed by atoms with Gasteiger partial charge in [-0.05, 0) is 55.8 Å². The van der Waals surface area contributed by atoms with Gasteiger partial charge in [0.15, 0.2) is 0 Å². The Kier molecular flexibility index (Phi) is 5.77. The first-order valence-electron chi connectivity index (χ1n) is 9.19. The van der Waals surface area contributed by atoms with Gasteiger partial charge in [-0.15, -0.1) is 10.2 Å². The van der Waals surface area contributed by atoms with Gasteiger partial charge in [-0.25, -0.2) is 4.68 Å². The molecule has 2 N–H and O–H groups in total. The first kappa shape index (κ1) is 19.8. The molecule has 9 heteroatoms. The second-order valence-electron chi connectivity index (χ2n) is 6.51. The number of nitrogens with zero attached hydrogens (tertiary/aromatic N) is 3. The smallest absolute Gasteiger partial charge is 0.240 e. The molecule has 1 aromatic heterocycles. The fourth-order valence-corrected chi connectivity index (χ4v) is 4.48. The van der Waals surface area contributed by atoms with E-state index in [0.29, 0.717) is 11.8 Å². The van der Waals surface area contributed by atoms with Gasteiger partial charge in [0, 0.05) is 10.2 Å². The molecule has 2 unspecified atom stereocenters. The summed E-state index contributed by atoms with van der Waals surface area (Å²) in [6, 6.07) is 15.1. The number of thioether (sulfide) groups is 1. The third-order valence-corrected chi connectivity index (χ3v) is 6.26. The SMILES string of the molecule is CCOc1ccc(C2Nn3c(C)nnc3SC2C(=O)Nc2ccc(Br)cc2)cc1. The molecule has 1 aliphatic heterocycles. The van der Waals surface area contributed by atoms with Gasteiger partial charge in [-0.3, -0.25) is 4.79 Å². The normalized spacial score (nSPS) is 17.9. The van der Waals surface area contributed by atoms with Crippen molar-refractivity contribution in [2.45, 2.75) is 30.3 Å². The highest BCUT2D eigenvalue weighted by molar-refractivity contribution is 9.10. The van der Waals surface area contributed by atoms with Crippen LogP contribution in [0, 0.1) is 6.92 Å². The zero-order valence-corrected chi connectivity index (χ0v) is 18.3.